The smallest absolute Gasteiger partial charge is 0.138 e. The largest absolute Gasteiger partial charge is 0.346 e. The Morgan fingerprint density at radius 1 is 1.13 bits per heavy atom. The lowest BCUT2D eigenvalue weighted by Gasteiger charge is -2.34. The van der Waals surface area contributed by atoms with E-state index in [2.05, 4.69) is 83.6 Å². The molecule has 0 amide bonds. The third-order valence-corrected chi connectivity index (χ3v) is 7.46. The summed E-state index contributed by atoms with van der Waals surface area (Å²) in [5.74, 6) is 0. The predicted molar refractivity (Wildman–Crippen MR) is 130 cm³/mol. The van der Waals surface area contributed by atoms with Crippen molar-refractivity contribution in [1.82, 2.24) is 20.0 Å². The van der Waals surface area contributed by atoms with E-state index in [1.807, 2.05) is 6.20 Å². The second-order valence-electron chi connectivity index (χ2n) is 9.47. The van der Waals surface area contributed by atoms with Crippen molar-refractivity contribution in [2.75, 3.05) is 19.3 Å². The monoisotopic (exact) mass is 422 g/mol. The molecule has 0 bridgehead atoms. The van der Waals surface area contributed by atoms with Crippen LogP contribution in [0.1, 0.15) is 51.2 Å². The summed E-state index contributed by atoms with van der Waals surface area (Å²) in [7, 11) is 0. The van der Waals surface area contributed by atoms with Gasteiger partial charge in [0.2, 0.25) is 0 Å². The first-order valence-corrected chi connectivity index (χ1v) is 12.2. The molecule has 0 atom stereocenters. The molecule has 0 radical (unpaired) electrons. The molecule has 30 heavy (non-hydrogen) atoms. The second-order valence-corrected chi connectivity index (χ2v) is 10.1. The van der Waals surface area contributed by atoms with Gasteiger partial charge in [-0.1, -0.05) is 43.1 Å². The number of fused-ring (bicyclic) bond motifs is 1. The second kappa shape index (κ2) is 8.74. The van der Waals surface area contributed by atoms with Gasteiger partial charge < -0.3 is 10.3 Å². The molecule has 4 rings (SSSR count). The van der Waals surface area contributed by atoms with E-state index in [1.54, 1.807) is 11.9 Å². The molecule has 1 aliphatic rings. The van der Waals surface area contributed by atoms with Gasteiger partial charge in [-0.25, -0.2) is 4.98 Å². The molecule has 0 spiro atoms. The van der Waals surface area contributed by atoms with Crippen molar-refractivity contribution >= 4 is 23.0 Å². The number of aromatic amines is 1. The first-order chi connectivity index (χ1) is 14.4. The highest BCUT2D eigenvalue weighted by Crippen LogP contribution is 2.36. The van der Waals surface area contributed by atoms with Crippen LogP contribution in [0.4, 0.5) is 0 Å². The summed E-state index contributed by atoms with van der Waals surface area (Å²) < 4.78 is 3.48. The van der Waals surface area contributed by atoms with E-state index in [4.69, 9.17) is 0 Å². The normalized spacial score (nSPS) is 16.8. The molecule has 1 aliphatic heterocycles. The number of aromatic nitrogens is 2. The van der Waals surface area contributed by atoms with Crippen molar-refractivity contribution in [3.8, 4) is 11.1 Å². The zero-order chi connectivity index (χ0) is 21.2. The molecule has 4 nitrogen and oxygen atoms in total. The lowest BCUT2D eigenvalue weighted by molar-refractivity contribution is 0.212. The number of hydrogen-bond acceptors (Lipinski definition) is 4. The number of H-pyrrole nitrogens is 1. The Morgan fingerprint density at radius 3 is 2.57 bits per heavy atom. The maximum absolute atomic E-state index is 4.60. The minimum Gasteiger partial charge on any atom is -0.346 e. The van der Waals surface area contributed by atoms with Crippen molar-refractivity contribution < 1.29 is 0 Å². The van der Waals surface area contributed by atoms with E-state index in [0.29, 0.717) is 5.41 Å². The minimum absolute atomic E-state index is 0.0603. The van der Waals surface area contributed by atoms with Crippen molar-refractivity contribution in [3.05, 3.63) is 53.9 Å². The van der Waals surface area contributed by atoms with Crippen molar-refractivity contribution in [2.45, 2.75) is 52.0 Å². The summed E-state index contributed by atoms with van der Waals surface area (Å²) in [6.07, 6.45) is 11.0. The number of benzene rings is 1. The van der Waals surface area contributed by atoms with Gasteiger partial charge in [-0.05, 0) is 87.0 Å². The molecular weight excluding hydrogens is 388 g/mol. The third-order valence-electron chi connectivity index (χ3n) is 6.74. The molecule has 0 aliphatic carbocycles. The third kappa shape index (κ3) is 4.43. The number of rotatable bonds is 7. The van der Waals surface area contributed by atoms with Crippen molar-refractivity contribution in [3.63, 3.8) is 0 Å². The van der Waals surface area contributed by atoms with E-state index in [1.165, 1.54) is 46.9 Å². The standard InChI is InChI=1S/C25H34N4S/c1-24(2,29-30-4)20-7-5-18(6-8-20)21-17-28-23-22(21)19(10-14-27-23)9-11-25(3)12-15-26-16-13-25/h5-8,10,14,17,26,29H,9,11-13,15-16H2,1-4H3,(H,27,28). The van der Waals surface area contributed by atoms with Crippen LogP contribution in [-0.4, -0.2) is 29.3 Å². The Kier molecular flexibility index (Phi) is 6.24. The van der Waals surface area contributed by atoms with E-state index < -0.39 is 0 Å². The molecule has 3 heterocycles. The highest BCUT2D eigenvalue weighted by molar-refractivity contribution is 7.96. The number of nitrogens with zero attached hydrogens (tertiary/aromatic N) is 1. The number of nitrogens with one attached hydrogen (secondary N) is 3. The molecule has 1 fully saturated rings. The van der Waals surface area contributed by atoms with Crippen LogP contribution in [0.3, 0.4) is 0 Å². The van der Waals surface area contributed by atoms with Crippen LogP contribution >= 0.6 is 11.9 Å². The molecule has 3 N–H and O–H groups in total. The van der Waals surface area contributed by atoms with E-state index >= 15 is 0 Å². The summed E-state index contributed by atoms with van der Waals surface area (Å²) in [5, 5.41) is 4.78. The number of piperidine rings is 1. The average molecular weight is 423 g/mol. The SMILES string of the molecule is CSNC(C)(C)c1ccc(-c2c[nH]c3nccc(CCC4(C)CCNCC4)c23)cc1. The fourth-order valence-corrected chi connectivity index (χ4v) is 5.29. The number of hydrogen-bond donors (Lipinski definition) is 3. The van der Waals surface area contributed by atoms with Crippen LogP contribution in [-0.2, 0) is 12.0 Å². The zero-order valence-electron chi connectivity index (χ0n) is 18.6. The maximum atomic E-state index is 4.60. The fraction of sp³-hybridized carbons (Fsp3) is 0.480. The molecular formula is C25H34N4S. The summed E-state index contributed by atoms with van der Waals surface area (Å²) in [5.41, 5.74) is 6.57. The van der Waals surface area contributed by atoms with E-state index in [9.17, 15) is 0 Å². The van der Waals surface area contributed by atoms with E-state index in [0.717, 1.165) is 25.2 Å². The van der Waals surface area contributed by atoms with Crippen molar-refractivity contribution in [1.29, 1.82) is 0 Å². The van der Waals surface area contributed by atoms with Gasteiger partial charge in [0.25, 0.3) is 0 Å². The average Bonchev–Trinajstić information content (AvgIpc) is 3.18. The molecule has 0 saturated carbocycles. The highest BCUT2D eigenvalue weighted by atomic mass is 32.2. The van der Waals surface area contributed by atoms with Gasteiger partial charge in [0.1, 0.15) is 5.65 Å². The fourth-order valence-electron chi connectivity index (χ4n) is 4.66. The van der Waals surface area contributed by atoms with Crippen LogP contribution in [0, 0.1) is 5.41 Å². The quantitative estimate of drug-likeness (QED) is 0.430. The summed E-state index contributed by atoms with van der Waals surface area (Å²) >= 11 is 1.66. The van der Waals surface area contributed by atoms with Crippen LogP contribution in [0.2, 0.25) is 0 Å². The van der Waals surface area contributed by atoms with Gasteiger partial charge in [0, 0.05) is 28.9 Å². The predicted octanol–water partition coefficient (Wildman–Crippen LogP) is 5.65. The van der Waals surface area contributed by atoms with Gasteiger partial charge in [-0.15, -0.1) is 0 Å². The molecule has 5 heteroatoms. The van der Waals surface area contributed by atoms with Gasteiger partial charge in [0.15, 0.2) is 0 Å². The summed E-state index contributed by atoms with van der Waals surface area (Å²) in [4.78, 5) is 8.01. The summed E-state index contributed by atoms with van der Waals surface area (Å²) in [6.45, 7) is 9.17. The van der Waals surface area contributed by atoms with Gasteiger partial charge in [-0.2, -0.15) is 0 Å². The minimum atomic E-state index is -0.0603. The van der Waals surface area contributed by atoms with Crippen LogP contribution in [0.25, 0.3) is 22.2 Å². The van der Waals surface area contributed by atoms with Crippen LogP contribution < -0.4 is 10.0 Å². The Bertz CT molecular complexity index is 984. The van der Waals surface area contributed by atoms with Crippen LogP contribution in [0.15, 0.2) is 42.7 Å². The van der Waals surface area contributed by atoms with Gasteiger partial charge in [-0.3, -0.25) is 4.72 Å². The maximum Gasteiger partial charge on any atom is 0.138 e. The number of pyridine rings is 1. The van der Waals surface area contributed by atoms with Crippen LogP contribution in [0.5, 0.6) is 0 Å². The molecule has 0 unspecified atom stereocenters. The zero-order valence-corrected chi connectivity index (χ0v) is 19.5. The number of aryl methyl sites for hydroxylation is 1. The van der Waals surface area contributed by atoms with Gasteiger partial charge in [0.05, 0.1) is 0 Å². The van der Waals surface area contributed by atoms with Gasteiger partial charge >= 0.3 is 0 Å². The molecule has 1 saturated heterocycles. The molecule has 1 aromatic carbocycles. The topological polar surface area (TPSA) is 52.7 Å². The Hall–Kier alpha value is -1.82. The summed E-state index contributed by atoms with van der Waals surface area (Å²) in [6, 6.07) is 11.2. The first-order valence-electron chi connectivity index (χ1n) is 11.0. The molecule has 2 aromatic heterocycles. The molecule has 160 valence electrons. The van der Waals surface area contributed by atoms with Crippen molar-refractivity contribution in [2.24, 2.45) is 5.41 Å². The Morgan fingerprint density at radius 2 is 1.87 bits per heavy atom. The Labute approximate surface area is 184 Å². The molecule has 3 aromatic rings. The Balaban J connectivity index is 1.62. The van der Waals surface area contributed by atoms with E-state index in [-0.39, 0.29) is 5.54 Å². The lowest BCUT2D eigenvalue weighted by Crippen LogP contribution is -2.35. The lowest BCUT2D eigenvalue weighted by atomic mass is 9.76. The first kappa shape index (κ1) is 21.4. The highest BCUT2D eigenvalue weighted by Gasteiger charge is 2.27.